The Hall–Kier alpha value is -3.12. The summed E-state index contributed by atoms with van der Waals surface area (Å²) in [5, 5.41) is 0. The molecule has 0 bridgehead atoms. The van der Waals surface area contributed by atoms with Crippen molar-refractivity contribution < 1.29 is 65.6 Å². The SMILES string of the molecule is COCCOCCOCCOCc1c(-c2c(OC)cc(F)cc2OC)sc(-c2c(OC)cc(F)cc2OC)c1COCCOCCOCCOC. The summed E-state index contributed by atoms with van der Waals surface area (Å²) in [6, 6.07) is 5.15. The summed E-state index contributed by atoms with van der Waals surface area (Å²) < 4.78 is 96.5. The van der Waals surface area contributed by atoms with Crippen LogP contribution in [0.5, 0.6) is 23.0 Å². The fraction of sp³-hybridized carbons (Fsp3) is 0.556. The van der Waals surface area contributed by atoms with Crippen LogP contribution in [0, 0.1) is 11.6 Å². The summed E-state index contributed by atoms with van der Waals surface area (Å²) in [4.78, 5) is 1.34. The van der Waals surface area contributed by atoms with Gasteiger partial charge in [0.2, 0.25) is 0 Å². The Labute approximate surface area is 302 Å². The summed E-state index contributed by atoms with van der Waals surface area (Å²) in [7, 11) is 9.05. The largest absolute Gasteiger partial charge is 0.496 e. The van der Waals surface area contributed by atoms with E-state index in [9.17, 15) is 8.78 Å². The molecule has 0 aliphatic heterocycles. The van der Waals surface area contributed by atoms with E-state index in [0.29, 0.717) is 87.0 Å². The third-order valence-electron chi connectivity index (χ3n) is 7.36. The van der Waals surface area contributed by atoms with Crippen LogP contribution in [0.15, 0.2) is 24.3 Å². The van der Waals surface area contributed by atoms with E-state index in [0.717, 1.165) is 11.1 Å². The van der Waals surface area contributed by atoms with Gasteiger partial charge in [-0.2, -0.15) is 0 Å². The summed E-state index contributed by atoms with van der Waals surface area (Å²) in [6.45, 7) is 5.05. The highest BCUT2D eigenvalue weighted by molar-refractivity contribution is 7.19. The first-order chi connectivity index (χ1) is 24.9. The van der Waals surface area contributed by atoms with Gasteiger partial charge in [0.25, 0.3) is 0 Å². The molecule has 0 aliphatic carbocycles. The van der Waals surface area contributed by atoms with E-state index < -0.39 is 11.6 Å². The molecule has 3 rings (SSSR count). The van der Waals surface area contributed by atoms with Crippen LogP contribution in [0.25, 0.3) is 20.9 Å². The van der Waals surface area contributed by atoms with Crippen LogP contribution >= 0.6 is 11.3 Å². The summed E-state index contributed by atoms with van der Waals surface area (Å²) >= 11 is 1.34. The highest BCUT2D eigenvalue weighted by Crippen LogP contribution is 2.53. The van der Waals surface area contributed by atoms with Crippen molar-refractivity contribution in [3.05, 3.63) is 47.0 Å². The molecule has 0 radical (unpaired) electrons. The van der Waals surface area contributed by atoms with Crippen LogP contribution in [-0.2, 0) is 51.1 Å². The van der Waals surface area contributed by atoms with Gasteiger partial charge in [0.15, 0.2) is 0 Å². The van der Waals surface area contributed by atoms with Crippen molar-refractivity contribution in [3.63, 3.8) is 0 Å². The maximum Gasteiger partial charge on any atom is 0.134 e. The number of hydrogen-bond acceptors (Lipinski definition) is 13. The average Bonchev–Trinajstić information content (AvgIpc) is 3.48. The third kappa shape index (κ3) is 13.1. The Kier molecular flexibility index (Phi) is 20.1. The number of ether oxygens (including phenoxy) is 12. The smallest absolute Gasteiger partial charge is 0.134 e. The standard InChI is InChI=1S/C36H50F2O12S/c1-39-7-9-45-11-13-47-15-17-49-23-27-28(24-50-18-16-48-14-12-46-10-8-40-2)36(34-31(43-5)21-26(38)22-32(34)44-6)51-35(27)33-29(41-3)19-25(37)20-30(33)42-4/h19-22H,7-18,23-24H2,1-6H3. The molecule has 2 aromatic carbocycles. The second-order valence-corrected chi connectivity index (χ2v) is 11.6. The van der Waals surface area contributed by atoms with E-state index in [-0.39, 0.29) is 49.4 Å². The molecule has 0 saturated heterocycles. The van der Waals surface area contributed by atoms with Crippen LogP contribution in [0.4, 0.5) is 8.78 Å². The van der Waals surface area contributed by atoms with Gasteiger partial charge in [-0.25, -0.2) is 8.78 Å². The van der Waals surface area contributed by atoms with Crippen LogP contribution in [0.2, 0.25) is 0 Å². The van der Waals surface area contributed by atoms with Gasteiger partial charge in [-0.1, -0.05) is 0 Å². The van der Waals surface area contributed by atoms with Crippen molar-refractivity contribution in [2.45, 2.75) is 13.2 Å². The molecule has 1 aromatic heterocycles. The fourth-order valence-corrected chi connectivity index (χ4v) is 6.35. The Balaban J connectivity index is 1.99. The molecule has 0 aliphatic rings. The molecular weight excluding hydrogens is 694 g/mol. The van der Waals surface area contributed by atoms with Crippen molar-refractivity contribution in [1.82, 2.24) is 0 Å². The van der Waals surface area contributed by atoms with E-state index in [1.807, 2.05) is 0 Å². The molecule has 0 saturated carbocycles. The zero-order valence-electron chi connectivity index (χ0n) is 30.3. The molecule has 3 aromatic rings. The van der Waals surface area contributed by atoms with Crippen molar-refractivity contribution in [2.75, 3.05) is 122 Å². The van der Waals surface area contributed by atoms with Crippen molar-refractivity contribution in [1.29, 1.82) is 0 Å². The minimum absolute atomic E-state index is 0.114. The number of hydrogen-bond donors (Lipinski definition) is 0. The van der Waals surface area contributed by atoms with Gasteiger partial charge < -0.3 is 56.8 Å². The lowest BCUT2D eigenvalue weighted by molar-refractivity contribution is -0.00150. The minimum atomic E-state index is -0.528. The van der Waals surface area contributed by atoms with E-state index in [4.69, 9.17) is 56.8 Å². The second-order valence-electron chi connectivity index (χ2n) is 10.6. The molecule has 12 nitrogen and oxygen atoms in total. The van der Waals surface area contributed by atoms with Crippen LogP contribution < -0.4 is 18.9 Å². The Morgan fingerprint density at radius 3 is 0.961 bits per heavy atom. The Morgan fingerprint density at radius 1 is 0.412 bits per heavy atom. The quantitative estimate of drug-likeness (QED) is 0.0841. The van der Waals surface area contributed by atoms with Gasteiger partial charge in [0.1, 0.15) is 34.6 Å². The Morgan fingerprint density at radius 2 is 0.686 bits per heavy atom. The summed E-state index contributed by atoms with van der Waals surface area (Å²) in [6.07, 6.45) is 0. The van der Waals surface area contributed by atoms with E-state index in [1.54, 1.807) is 14.2 Å². The number of thiophene rings is 1. The van der Waals surface area contributed by atoms with Crippen LogP contribution in [0.1, 0.15) is 11.1 Å². The maximum atomic E-state index is 14.7. The zero-order chi connectivity index (χ0) is 36.8. The fourth-order valence-electron chi connectivity index (χ4n) is 4.93. The second kappa shape index (κ2) is 24.2. The van der Waals surface area contributed by atoms with Crippen LogP contribution in [0.3, 0.4) is 0 Å². The normalized spacial score (nSPS) is 11.3. The monoisotopic (exact) mass is 744 g/mol. The first-order valence-corrected chi connectivity index (χ1v) is 17.2. The first kappa shape index (κ1) is 42.3. The van der Waals surface area contributed by atoms with Gasteiger partial charge in [-0.05, 0) is 0 Å². The van der Waals surface area contributed by atoms with Gasteiger partial charge in [0, 0.05) is 59.4 Å². The summed E-state index contributed by atoms with van der Waals surface area (Å²) in [5.74, 6) is -0.0397. The number of benzene rings is 2. The van der Waals surface area contributed by atoms with Gasteiger partial charge in [0.05, 0.1) is 132 Å². The number of rotatable bonds is 28. The van der Waals surface area contributed by atoms with Crippen molar-refractivity contribution >= 4 is 11.3 Å². The van der Waals surface area contributed by atoms with E-state index in [2.05, 4.69) is 0 Å². The molecule has 0 N–H and O–H groups in total. The molecule has 0 fully saturated rings. The lowest BCUT2D eigenvalue weighted by Crippen LogP contribution is -2.12. The molecule has 15 heteroatoms. The van der Waals surface area contributed by atoms with E-state index >= 15 is 0 Å². The van der Waals surface area contributed by atoms with Gasteiger partial charge in [-0.3, -0.25) is 0 Å². The minimum Gasteiger partial charge on any atom is -0.496 e. The Bertz CT molecular complexity index is 1280. The predicted molar refractivity (Wildman–Crippen MR) is 188 cm³/mol. The highest BCUT2D eigenvalue weighted by atomic mass is 32.1. The molecule has 0 spiro atoms. The molecule has 0 amide bonds. The topological polar surface area (TPSA) is 111 Å². The number of methoxy groups -OCH3 is 6. The zero-order valence-corrected chi connectivity index (χ0v) is 31.1. The van der Waals surface area contributed by atoms with Crippen molar-refractivity contribution in [3.8, 4) is 43.9 Å². The molecule has 0 atom stereocenters. The highest BCUT2D eigenvalue weighted by Gasteiger charge is 2.29. The first-order valence-electron chi connectivity index (χ1n) is 16.4. The molecular formula is C36H50F2O12S. The average molecular weight is 745 g/mol. The number of halogens is 2. The van der Waals surface area contributed by atoms with Gasteiger partial charge >= 0.3 is 0 Å². The lowest BCUT2D eigenvalue weighted by atomic mass is 10.00. The van der Waals surface area contributed by atoms with Crippen molar-refractivity contribution in [2.24, 2.45) is 0 Å². The third-order valence-corrected chi connectivity index (χ3v) is 8.67. The molecule has 286 valence electrons. The lowest BCUT2D eigenvalue weighted by Gasteiger charge is -2.16. The predicted octanol–water partition coefficient (Wildman–Crippen LogP) is 5.79. The molecule has 1 heterocycles. The maximum absolute atomic E-state index is 14.7. The molecule has 0 unspecified atom stereocenters. The summed E-state index contributed by atoms with van der Waals surface area (Å²) in [5.41, 5.74) is 2.47. The van der Waals surface area contributed by atoms with Crippen LogP contribution in [-0.4, -0.2) is 122 Å². The van der Waals surface area contributed by atoms with Gasteiger partial charge in [-0.15, -0.1) is 11.3 Å². The van der Waals surface area contributed by atoms with E-state index in [1.165, 1.54) is 64.0 Å². The molecule has 51 heavy (non-hydrogen) atoms.